The Labute approximate surface area is 207 Å². The number of piperazine rings is 1. The van der Waals surface area contributed by atoms with Crippen molar-refractivity contribution >= 4 is 21.6 Å². The third-order valence-corrected chi connectivity index (χ3v) is 7.77. The van der Waals surface area contributed by atoms with Gasteiger partial charge in [0, 0.05) is 51.1 Å². The normalized spacial score (nSPS) is 15.4. The predicted octanol–water partition coefficient (Wildman–Crippen LogP) is 2.43. The Morgan fingerprint density at radius 1 is 1.03 bits per heavy atom. The zero-order valence-corrected chi connectivity index (χ0v) is 20.0. The van der Waals surface area contributed by atoms with Crippen molar-refractivity contribution in [2.24, 2.45) is 7.05 Å². The first-order chi connectivity index (χ1) is 17.4. The Morgan fingerprint density at radius 3 is 2.30 bits per heavy atom. The van der Waals surface area contributed by atoms with Crippen molar-refractivity contribution in [3.05, 3.63) is 66.0 Å². The molecule has 4 aromatic rings. The first kappa shape index (κ1) is 24.8. The van der Waals surface area contributed by atoms with Crippen molar-refractivity contribution < 1.29 is 30.8 Å². The van der Waals surface area contributed by atoms with Crippen molar-refractivity contribution in [2.75, 3.05) is 26.2 Å². The second kappa shape index (κ2) is 8.92. The van der Waals surface area contributed by atoms with E-state index in [1.165, 1.54) is 38.4 Å². The lowest BCUT2D eigenvalue weighted by atomic mass is 10.1. The van der Waals surface area contributed by atoms with Gasteiger partial charge in [-0.2, -0.15) is 27.7 Å². The van der Waals surface area contributed by atoms with Crippen LogP contribution in [0.3, 0.4) is 0 Å². The number of amides is 1. The molecular formula is C22H19F4N7O3S. The van der Waals surface area contributed by atoms with Crippen LogP contribution in [0, 0.1) is 5.82 Å². The molecule has 1 saturated heterocycles. The maximum atomic E-state index is 13.8. The van der Waals surface area contributed by atoms with Crippen molar-refractivity contribution in [3.8, 4) is 11.3 Å². The lowest BCUT2D eigenvalue weighted by Gasteiger charge is -2.33. The first-order valence-corrected chi connectivity index (χ1v) is 12.4. The number of halogens is 4. The topological polar surface area (TPSA) is 106 Å². The van der Waals surface area contributed by atoms with Crippen molar-refractivity contribution in [1.82, 2.24) is 33.6 Å². The third kappa shape index (κ3) is 4.67. The van der Waals surface area contributed by atoms with Gasteiger partial charge in [-0.3, -0.25) is 9.48 Å². The van der Waals surface area contributed by atoms with E-state index in [-0.39, 0.29) is 53.7 Å². The fourth-order valence-corrected chi connectivity index (χ4v) is 5.43. The molecule has 4 heterocycles. The Bertz CT molecular complexity index is 1590. The molecule has 15 heteroatoms. The van der Waals surface area contributed by atoms with Gasteiger partial charge >= 0.3 is 6.18 Å². The molecule has 0 bridgehead atoms. The maximum Gasteiger partial charge on any atom is 0.433 e. The van der Waals surface area contributed by atoms with Crippen LogP contribution in [0.15, 0.2) is 53.7 Å². The Hall–Kier alpha value is -3.85. The highest BCUT2D eigenvalue weighted by molar-refractivity contribution is 7.89. The number of benzene rings is 1. The fourth-order valence-electron chi connectivity index (χ4n) is 4.02. The fraction of sp³-hybridized carbons (Fsp3) is 0.273. The number of carbonyl (C=O) groups is 1. The number of rotatable bonds is 4. The molecule has 194 valence electrons. The molecule has 1 aliphatic rings. The molecule has 0 radical (unpaired) electrons. The Balaban J connectivity index is 1.41. The van der Waals surface area contributed by atoms with E-state index in [1.807, 2.05) is 0 Å². The minimum absolute atomic E-state index is 0.00287. The Morgan fingerprint density at radius 2 is 1.70 bits per heavy atom. The van der Waals surface area contributed by atoms with Gasteiger partial charge in [0.25, 0.3) is 5.91 Å². The van der Waals surface area contributed by atoms with Crippen molar-refractivity contribution in [1.29, 1.82) is 0 Å². The van der Waals surface area contributed by atoms with E-state index >= 15 is 0 Å². The highest BCUT2D eigenvalue weighted by Gasteiger charge is 2.36. The second-order valence-electron chi connectivity index (χ2n) is 8.38. The molecule has 0 spiro atoms. The first-order valence-electron chi connectivity index (χ1n) is 11.0. The number of sulfonamides is 1. The van der Waals surface area contributed by atoms with E-state index in [4.69, 9.17) is 0 Å². The molecular weight excluding hydrogens is 518 g/mol. The summed E-state index contributed by atoms with van der Waals surface area (Å²) in [6.45, 7) is 0.0351. The summed E-state index contributed by atoms with van der Waals surface area (Å²) >= 11 is 0. The highest BCUT2D eigenvalue weighted by atomic mass is 32.2. The second-order valence-corrected chi connectivity index (χ2v) is 10.3. The number of aromatic nitrogens is 5. The molecule has 0 unspecified atom stereocenters. The number of alkyl halides is 3. The minimum atomic E-state index is -4.81. The van der Waals surface area contributed by atoms with Gasteiger partial charge in [-0.15, -0.1) is 0 Å². The largest absolute Gasteiger partial charge is 0.433 e. The number of nitrogens with zero attached hydrogens (tertiary/aromatic N) is 7. The summed E-state index contributed by atoms with van der Waals surface area (Å²) in [4.78, 5) is 18.6. The summed E-state index contributed by atoms with van der Waals surface area (Å²) in [6, 6.07) is 6.74. The standard InChI is InChI=1S/C22H19F4N7O3S/c1-30-13-16(12-27-30)37(35,36)32-8-6-31(7-9-32)21(34)18-11-20-28-17(14-2-4-15(23)5-3-14)10-19(22(24,25)26)33(20)29-18/h2-5,10-13H,6-9H2,1H3. The Kier molecular flexibility index (Phi) is 5.98. The van der Waals surface area contributed by atoms with Gasteiger partial charge in [-0.1, -0.05) is 0 Å². The van der Waals surface area contributed by atoms with E-state index < -0.39 is 33.6 Å². The summed E-state index contributed by atoms with van der Waals surface area (Å²) in [5.74, 6) is -1.20. The average Bonchev–Trinajstić information content (AvgIpc) is 3.49. The molecule has 0 N–H and O–H groups in total. The molecule has 1 aliphatic heterocycles. The zero-order valence-electron chi connectivity index (χ0n) is 19.2. The number of aryl methyl sites for hydroxylation is 1. The summed E-state index contributed by atoms with van der Waals surface area (Å²) < 4.78 is 83.4. The van der Waals surface area contributed by atoms with E-state index in [9.17, 15) is 30.8 Å². The summed E-state index contributed by atoms with van der Waals surface area (Å²) in [6.07, 6.45) is -2.21. The van der Waals surface area contributed by atoms with Crippen LogP contribution in [-0.2, 0) is 23.2 Å². The van der Waals surface area contributed by atoms with Crippen LogP contribution >= 0.6 is 0 Å². The highest BCUT2D eigenvalue weighted by Crippen LogP contribution is 2.32. The third-order valence-electron chi connectivity index (χ3n) is 5.92. The quantitative estimate of drug-likeness (QED) is 0.371. The molecule has 1 amide bonds. The van der Waals surface area contributed by atoms with Gasteiger partial charge in [0.15, 0.2) is 17.0 Å². The van der Waals surface area contributed by atoms with Crippen LogP contribution in [0.25, 0.3) is 16.9 Å². The monoisotopic (exact) mass is 537 g/mol. The predicted molar refractivity (Wildman–Crippen MR) is 121 cm³/mol. The number of hydrogen-bond donors (Lipinski definition) is 0. The number of fused-ring (bicyclic) bond motifs is 1. The lowest BCUT2D eigenvalue weighted by molar-refractivity contribution is -0.142. The van der Waals surface area contributed by atoms with Crippen molar-refractivity contribution in [2.45, 2.75) is 11.1 Å². The van der Waals surface area contributed by atoms with Crippen LogP contribution in [-0.4, -0.2) is 74.1 Å². The molecule has 5 rings (SSSR count). The molecule has 37 heavy (non-hydrogen) atoms. The van der Waals surface area contributed by atoms with Gasteiger partial charge in [-0.05, 0) is 30.3 Å². The van der Waals surface area contributed by atoms with Crippen LogP contribution in [0.5, 0.6) is 0 Å². The van der Waals surface area contributed by atoms with E-state index in [0.717, 1.165) is 24.3 Å². The average molecular weight is 537 g/mol. The van der Waals surface area contributed by atoms with Crippen LogP contribution in [0.2, 0.25) is 0 Å². The number of hydrogen-bond acceptors (Lipinski definition) is 6. The molecule has 1 aromatic carbocycles. The van der Waals surface area contributed by atoms with Crippen molar-refractivity contribution in [3.63, 3.8) is 0 Å². The van der Waals surface area contributed by atoms with Gasteiger partial charge in [0.05, 0.1) is 11.9 Å². The van der Waals surface area contributed by atoms with Gasteiger partial charge in [-0.25, -0.2) is 22.3 Å². The summed E-state index contributed by atoms with van der Waals surface area (Å²) in [5.41, 5.74) is -1.43. The lowest BCUT2D eigenvalue weighted by Crippen LogP contribution is -2.50. The van der Waals surface area contributed by atoms with E-state index in [2.05, 4.69) is 15.2 Å². The zero-order chi connectivity index (χ0) is 26.5. The van der Waals surface area contributed by atoms with Crippen LogP contribution < -0.4 is 0 Å². The molecule has 0 atom stereocenters. The maximum absolute atomic E-state index is 13.8. The van der Waals surface area contributed by atoms with Gasteiger partial charge in [0.1, 0.15) is 10.7 Å². The molecule has 1 fully saturated rings. The van der Waals surface area contributed by atoms with E-state index in [1.54, 1.807) is 7.05 Å². The molecule has 0 saturated carbocycles. The summed E-state index contributed by atoms with van der Waals surface area (Å²) in [5, 5.41) is 7.73. The number of carbonyl (C=O) groups excluding carboxylic acids is 1. The molecule has 3 aromatic heterocycles. The van der Waals surface area contributed by atoms with Gasteiger partial charge in [0.2, 0.25) is 10.0 Å². The summed E-state index contributed by atoms with van der Waals surface area (Å²) in [7, 11) is -2.21. The van der Waals surface area contributed by atoms with Crippen LogP contribution in [0.1, 0.15) is 16.2 Å². The van der Waals surface area contributed by atoms with Gasteiger partial charge < -0.3 is 4.90 Å². The minimum Gasteiger partial charge on any atom is -0.335 e. The smallest absolute Gasteiger partial charge is 0.335 e. The SMILES string of the molecule is Cn1cc(S(=O)(=O)N2CCN(C(=O)c3cc4nc(-c5ccc(F)cc5)cc(C(F)(F)F)n4n3)CC2)cn1. The van der Waals surface area contributed by atoms with Crippen LogP contribution in [0.4, 0.5) is 17.6 Å². The van der Waals surface area contributed by atoms with E-state index in [0.29, 0.717) is 4.52 Å². The molecule has 0 aliphatic carbocycles. The molecule has 10 nitrogen and oxygen atoms in total.